The van der Waals surface area contributed by atoms with Crippen LogP contribution in [0.2, 0.25) is 5.02 Å². The number of hydrogen-bond acceptors (Lipinski definition) is 2. The van der Waals surface area contributed by atoms with Gasteiger partial charge in [-0.15, -0.1) is 0 Å². The molecule has 0 aliphatic heterocycles. The Balaban J connectivity index is 1.86. The van der Waals surface area contributed by atoms with Crippen LogP contribution in [0.15, 0.2) is 48.5 Å². The van der Waals surface area contributed by atoms with Crippen LogP contribution in [-0.4, -0.2) is 12.5 Å². The Morgan fingerprint density at radius 1 is 1.11 bits per heavy atom. The Morgan fingerprint density at radius 2 is 1.84 bits per heavy atom. The molecule has 0 unspecified atom stereocenters. The predicted octanol–water partition coefficient (Wildman–Crippen LogP) is 4.00. The van der Waals surface area contributed by atoms with E-state index in [-0.39, 0.29) is 12.5 Å². The maximum absolute atomic E-state index is 11.7. The summed E-state index contributed by atoms with van der Waals surface area (Å²) in [4.78, 5) is 11.7. The third-order valence-corrected chi connectivity index (χ3v) is 3.36. The Morgan fingerprint density at radius 3 is 2.53 bits per heavy atom. The molecular formula is C14H12ClIN2O. The fourth-order valence-corrected chi connectivity index (χ4v) is 2.07. The molecule has 19 heavy (non-hydrogen) atoms. The number of halogens is 2. The van der Waals surface area contributed by atoms with Crippen molar-refractivity contribution in [1.82, 2.24) is 0 Å². The number of hydrogen-bond donors (Lipinski definition) is 2. The molecule has 2 aromatic carbocycles. The number of nitrogens with one attached hydrogen (secondary N) is 2. The normalized spacial score (nSPS) is 10.0. The summed E-state index contributed by atoms with van der Waals surface area (Å²) in [5.74, 6) is -0.0961. The van der Waals surface area contributed by atoms with Crippen LogP contribution in [0.25, 0.3) is 0 Å². The van der Waals surface area contributed by atoms with Gasteiger partial charge >= 0.3 is 0 Å². The van der Waals surface area contributed by atoms with Crippen molar-refractivity contribution in [3.8, 4) is 0 Å². The van der Waals surface area contributed by atoms with E-state index in [1.165, 1.54) is 0 Å². The zero-order chi connectivity index (χ0) is 13.7. The number of carbonyl (C=O) groups excluding carboxylic acids is 1. The van der Waals surface area contributed by atoms with E-state index in [1.807, 2.05) is 36.4 Å². The minimum atomic E-state index is -0.0961. The lowest BCUT2D eigenvalue weighted by Gasteiger charge is -2.08. The Labute approximate surface area is 130 Å². The lowest BCUT2D eigenvalue weighted by atomic mass is 10.3. The van der Waals surface area contributed by atoms with E-state index >= 15 is 0 Å². The lowest BCUT2D eigenvalue weighted by Crippen LogP contribution is -2.21. The second-order valence-corrected chi connectivity index (χ2v) is 5.60. The summed E-state index contributed by atoms with van der Waals surface area (Å²) in [6.45, 7) is 0.201. The first-order valence-corrected chi connectivity index (χ1v) is 7.14. The molecule has 98 valence electrons. The minimum Gasteiger partial charge on any atom is -0.376 e. The molecule has 2 N–H and O–H groups in total. The molecular weight excluding hydrogens is 375 g/mol. The van der Waals surface area contributed by atoms with E-state index in [2.05, 4.69) is 33.2 Å². The average Bonchev–Trinajstić information content (AvgIpc) is 2.39. The molecule has 0 bridgehead atoms. The number of benzene rings is 2. The fourth-order valence-electron chi connectivity index (χ4n) is 1.52. The standard InChI is InChI=1S/C14H12ClIN2O/c15-10-2-1-3-13(8-10)17-9-14(19)18-12-6-4-11(16)5-7-12/h1-8,17H,9H2,(H,18,19). The summed E-state index contributed by atoms with van der Waals surface area (Å²) < 4.78 is 1.13. The second kappa shape index (κ2) is 6.77. The molecule has 0 spiro atoms. The van der Waals surface area contributed by atoms with Crippen LogP contribution in [0.1, 0.15) is 0 Å². The van der Waals surface area contributed by atoms with E-state index in [0.29, 0.717) is 5.02 Å². The van der Waals surface area contributed by atoms with Crippen LogP contribution < -0.4 is 10.6 Å². The summed E-state index contributed by atoms with van der Waals surface area (Å²) in [6.07, 6.45) is 0. The van der Waals surface area contributed by atoms with Crippen LogP contribution in [0.5, 0.6) is 0 Å². The van der Waals surface area contributed by atoms with E-state index in [9.17, 15) is 4.79 Å². The smallest absolute Gasteiger partial charge is 0.243 e. The van der Waals surface area contributed by atoms with Gasteiger partial charge in [0, 0.05) is 20.0 Å². The van der Waals surface area contributed by atoms with Gasteiger partial charge in [0.15, 0.2) is 0 Å². The highest BCUT2D eigenvalue weighted by Gasteiger charge is 2.02. The highest BCUT2D eigenvalue weighted by molar-refractivity contribution is 14.1. The molecule has 0 aliphatic carbocycles. The first kappa shape index (κ1) is 14.1. The largest absolute Gasteiger partial charge is 0.376 e. The molecule has 0 aliphatic rings. The quantitative estimate of drug-likeness (QED) is 0.780. The third-order valence-electron chi connectivity index (χ3n) is 2.41. The van der Waals surface area contributed by atoms with Crippen molar-refractivity contribution < 1.29 is 4.79 Å². The summed E-state index contributed by atoms with van der Waals surface area (Å²) in [6, 6.07) is 14.9. The number of rotatable bonds is 4. The van der Waals surface area contributed by atoms with Gasteiger partial charge in [0.1, 0.15) is 0 Å². The highest BCUT2D eigenvalue weighted by atomic mass is 127. The first-order valence-electron chi connectivity index (χ1n) is 5.68. The van der Waals surface area contributed by atoms with Crippen LogP contribution in [0, 0.1) is 3.57 Å². The molecule has 0 saturated heterocycles. The van der Waals surface area contributed by atoms with Crippen molar-refractivity contribution in [1.29, 1.82) is 0 Å². The summed E-state index contributed by atoms with van der Waals surface area (Å²) >= 11 is 8.08. The first-order chi connectivity index (χ1) is 9.13. The maximum atomic E-state index is 11.7. The van der Waals surface area contributed by atoms with E-state index in [4.69, 9.17) is 11.6 Å². The molecule has 5 heteroatoms. The van der Waals surface area contributed by atoms with Gasteiger partial charge in [-0.2, -0.15) is 0 Å². The van der Waals surface area contributed by atoms with Gasteiger partial charge < -0.3 is 10.6 Å². The highest BCUT2D eigenvalue weighted by Crippen LogP contribution is 2.15. The zero-order valence-electron chi connectivity index (χ0n) is 9.99. The molecule has 2 aromatic rings. The van der Waals surface area contributed by atoms with Crippen molar-refractivity contribution >= 4 is 51.5 Å². The van der Waals surface area contributed by atoms with Gasteiger partial charge in [0.2, 0.25) is 5.91 Å². The summed E-state index contributed by atoms with van der Waals surface area (Å²) in [5.41, 5.74) is 1.61. The molecule has 0 fully saturated rings. The molecule has 0 aromatic heterocycles. The second-order valence-electron chi connectivity index (χ2n) is 3.92. The molecule has 0 saturated carbocycles. The van der Waals surface area contributed by atoms with Gasteiger partial charge in [-0.05, 0) is 65.1 Å². The van der Waals surface area contributed by atoms with E-state index in [1.54, 1.807) is 12.1 Å². The number of anilines is 2. The van der Waals surface area contributed by atoms with Crippen LogP contribution in [0.3, 0.4) is 0 Å². The molecule has 0 radical (unpaired) electrons. The van der Waals surface area contributed by atoms with E-state index < -0.39 is 0 Å². The van der Waals surface area contributed by atoms with Gasteiger partial charge in [-0.25, -0.2) is 0 Å². The molecule has 0 atom stereocenters. The van der Waals surface area contributed by atoms with Crippen molar-refractivity contribution in [2.45, 2.75) is 0 Å². The number of carbonyl (C=O) groups is 1. The average molecular weight is 387 g/mol. The zero-order valence-corrected chi connectivity index (χ0v) is 12.9. The maximum Gasteiger partial charge on any atom is 0.243 e. The summed E-state index contributed by atoms with van der Waals surface area (Å²) in [5, 5.41) is 6.48. The Hall–Kier alpha value is -1.27. The fraction of sp³-hybridized carbons (Fsp3) is 0.0714. The Kier molecular flexibility index (Phi) is 5.04. The van der Waals surface area contributed by atoms with Gasteiger partial charge in [0.05, 0.1) is 6.54 Å². The van der Waals surface area contributed by atoms with Gasteiger partial charge in [-0.3, -0.25) is 4.79 Å². The third kappa shape index (κ3) is 4.72. The van der Waals surface area contributed by atoms with Crippen LogP contribution >= 0.6 is 34.2 Å². The van der Waals surface area contributed by atoms with Crippen molar-refractivity contribution in [2.75, 3.05) is 17.2 Å². The molecule has 3 nitrogen and oxygen atoms in total. The molecule has 1 amide bonds. The monoisotopic (exact) mass is 386 g/mol. The summed E-state index contributed by atoms with van der Waals surface area (Å²) in [7, 11) is 0. The van der Waals surface area contributed by atoms with E-state index in [0.717, 1.165) is 14.9 Å². The minimum absolute atomic E-state index is 0.0961. The molecule has 2 rings (SSSR count). The molecule has 0 heterocycles. The van der Waals surface area contributed by atoms with Gasteiger partial charge in [0.25, 0.3) is 0 Å². The van der Waals surface area contributed by atoms with Crippen molar-refractivity contribution in [3.05, 3.63) is 57.1 Å². The van der Waals surface area contributed by atoms with Crippen molar-refractivity contribution in [2.24, 2.45) is 0 Å². The Bertz CT molecular complexity index is 572. The van der Waals surface area contributed by atoms with Crippen LogP contribution in [-0.2, 0) is 4.79 Å². The topological polar surface area (TPSA) is 41.1 Å². The SMILES string of the molecule is O=C(CNc1cccc(Cl)c1)Nc1ccc(I)cc1. The number of amides is 1. The van der Waals surface area contributed by atoms with Crippen LogP contribution in [0.4, 0.5) is 11.4 Å². The van der Waals surface area contributed by atoms with Crippen molar-refractivity contribution in [3.63, 3.8) is 0 Å². The van der Waals surface area contributed by atoms with Gasteiger partial charge in [-0.1, -0.05) is 17.7 Å². The predicted molar refractivity (Wildman–Crippen MR) is 87.7 cm³/mol. The lowest BCUT2D eigenvalue weighted by molar-refractivity contribution is -0.114.